The van der Waals surface area contributed by atoms with Crippen molar-refractivity contribution in [1.29, 1.82) is 0 Å². The fourth-order valence-electron chi connectivity index (χ4n) is 2.05. The Bertz CT molecular complexity index is 764. The molecule has 0 aliphatic heterocycles. The Morgan fingerprint density at radius 2 is 1.92 bits per heavy atom. The molecule has 0 fully saturated rings. The molecular formula is C18H19ClN2O4. The first-order chi connectivity index (χ1) is 12.0. The zero-order valence-electron chi connectivity index (χ0n) is 13.7. The van der Waals surface area contributed by atoms with E-state index in [1.807, 2.05) is 13.0 Å². The SMILES string of the molecule is Cc1cc(OCCCC(=O)NNC(=O)c2ccccc2O)ccc1Cl. The van der Waals surface area contributed by atoms with E-state index in [-0.39, 0.29) is 23.6 Å². The summed E-state index contributed by atoms with van der Waals surface area (Å²) in [5.74, 6) is -0.393. The number of benzene rings is 2. The first-order valence-electron chi connectivity index (χ1n) is 7.73. The van der Waals surface area contributed by atoms with Gasteiger partial charge in [0.2, 0.25) is 5.91 Å². The standard InChI is InChI=1S/C18H19ClN2O4/c1-12-11-13(8-9-15(12)19)25-10-4-7-17(23)20-21-18(24)14-5-2-3-6-16(14)22/h2-3,5-6,8-9,11,22H,4,7,10H2,1H3,(H,20,23)(H,21,24). The van der Waals surface area contributed by atoms with Gasteiger partial charge in [0.25, 0.3) is 5.91 Å². The van der Waals surface area contributed by atoms with Crippen molar-refractivity contribution < 1.29 is 19.4 Å². The number of amides is 2. The van der Waals surface area contributed by atoms with Gasteiger partial charge in [0.05, 0.1) is 12.2 Å². The van der Waals surface area contributed by atoms with Crippen molar-refractivity contribution in [2.24, 2.45) is 0 Å². The highest BCUT2D eigenvalue weighted by Gasteiger charge is 2.11. The summed E-state index contributed by atoms with van der Waals surface area (Å²) in [4.78, 5) is 23.5. The van der Waals surface area contributed by atoms with Crippen LogP contribution >= 0.6 is 11.6 Å². The van der Waals surface area contributed by atoms with Gasteiger partial charge in [0, 0.05) is 11.4 Å². The smallest absolute Gasteiger partial charge is 0.273 e. The molecule has 2 rings (SSSR count). The van der Waals surface area contributed by atoms with E-state index in [0.717, 1.165) is 5.56 Å². The molecule has 0 atom stereocenters. The molecule has 0 saturated heterocycles. The first-order valence-corrected chi connectivity index (χ1v) is 8.11. The molecule has 0 radical (unpaired) electrons. The molecule has 132 valence electrons. The Morgan fingerprint density at radius 3 is 2.64 bits per heavy atom. The van der Waals surface area contributed by atoms with Crippen LogP contribution in [0.2, 0.25) is 5.02 Å². The normalized spacial score (nSPS) is 10.2. The van der Waals surface area contributed by atoms with Crippen LogP contribution in [0.4, 0.5) is 0 Å². The third-order valence-corrected chi connectivity index (χ3v) is 3.83. The molecule has 0 bridgehead atoms. The molecule has 0 aliphatic carbocycles. The quantitative estimate of drug-likeness (QED) is 0.544. The van der Waals surface area contributed by atoms with Crippen LogP contribution in [0.15, 0.2) is 42.5 Å². The number of nitrogens with one attached hydrogen (secondary N) is 2. The van der Waals surface area contributed by atoms with E-state index in [4.69, 9.17) is 16.3 Å². The van der Waals surface area contributed by atoms with E-state index < -0.39 is 5.91 Å². The van der Waals surface area contributed by atoms with Gasteiger partial charge in [-0.1, -0.05) is 23.7 Å². The fraction of sp³-hybridized carbons (Fsp3) is 0.222. The second-order valence-corrected chi connectivity index (χ2v) is 5.79. The number of hydrogen-bond acceptors (Lipinski definition) is 4. The fourth-order valence-corrected chi connectivity index (χ4v) is 2.17. The van der Waals surface area contributed by atoms with E-state index >= 15 is 0 Å². The second-order valence-electron chi connectivity index (χ2n) is 5.38. The molecule has 2 aromatic carbocycles. The van der Waals surface area contributed by atoms with Gasteiger partial charge in [-0.3, -0.25) is 20.4 Å². The minimum absolute atomic E-state index is 0.0873. The first kappa shape index (κ1) is 18.6. The van der Waals surface area contributed by atoms with Crippen molar-refractivity contribution in [1.82, 2.24) is 10.9 Å². The zero-order valence-corrected chi connectivity index (χ0v) is 14.5. The van der Waals surface area contributed by atoms with Crippen LogP contribution < -0.4 is 15.6 Å². The minimum Gasteiger partial charge on any atom is -0.507 e. The molecule has 0 heterocycles. The summed E-state index contributed by atoms with van der Waals surface area (Å²) in [5.41, 5.74) is 5.57. The maximum absolute atomic E-state index is 11.8. The van der Waals surface area contributed by atoms with E-state index in [2.05, 4.69) is 10.9 Å². The predicted octanol–water partition coefficient (Wildman–Crippen LogP) is 2.97. The number of aryl methyl sites for hydroxylation is 1. The maximum atomic E-state index is 11.8. The van der Waals surface area contributed by atoms with Crippen LogP contribution in [-0.2, 0) is 4.79 Å². The van der Waals surface area contributed by atoms with Crippen LogP contribution in [0.5, 0.6) is 11.5 Å². The summed E-state index contributed by atoms with van der Waals surface area (Å²) in [6, 6.07) is 11.4. The molecule has 6 nitrogen and oxygen atoms in total. The van der Waals surface area contributed by atoms with Crippen molar-refractivity contribution in [3.8, 4) is 11.5 Å². The molecule has 3 N–H and O–H groups in total. The van der Waals surface area contributed by atoms with E-state index in [1.54, 1.807) is 24.3 Å². The van der Waals surface area contributed by atoms with Crippen molar-refractivity contribution in [3.63, 3.8) is 0 Å². The maximum Gasteiger partial charge on any atom is 0.273 e. The Morgan fingerprint density at radius 1 is 1.16 bits per heavy atom. The van der Waals surface area contributed by atoms with E-state index in [9.17, 15) is 14.7 Å². The molecule has 0 saturated carbocycles. The number of aromatic hydroxyl groups is 1. The van der Waals surface area contributed by atoms with Gasteiger partial charge in [-0.25, -0.2) is 0 Å². The summed E-state index contributed by atoms with van der Waals surface area (Å²) < 4.78 is 5.54. The van der Waals surface area contributed by atoms with Gasteiger partial charge in [-0.15, -0.1) is 0 Å². The number of phenols is 1. The second kappa shape index (κ2) is 8.94. The number of carbonyl (C=O) groups excluding carboxylic acids is 2. The van der Waals surface area contributed by atoms with Crippen molar-refractivity contribution in [3.05, 3.63) is 58.6 Å². The largest absolute Gasteiger partial charge is 0.507 e. The van der Waals surface area contributed by atoms with Crippen LogP contribution in [0.3, 0.4) is 0 Å². The molecule has 2 aromatic rings. The third kappa shape index (κ3) is 5.69. The number of phenolic OH excluding ortho intramolecular Hbond substituents is 1. The Hall–Kier alpha value is -2.73. The number of rotatable bonds is 6. The molecular weight excluding hydrogens is 344 g/mol. The Labute approximate surface area is 150 Å². The van der Waals surface area contributed by atoms with Crippen molar-refractivity contribution in [2.45, 2.75) is 19.8 Å². The summed E-state index contributed by atoms with van der Waals surface area (Å²) in [7, 11) is 0. The minimum atomic E-state index is -0.584. The van der Waals surface area contributed by atoms with Crippen LogP contribution in [-0.4, -0.2) is 23.5 Å². The number of hydrogen-bond donors (Lipinski definition) is 3. The van der Waals surface area contributed by atoms with Crippen molar-refractivity contribution in [2.75, 3.05) is 6.61 Å². The van der Waals surface area contributed by atoms with Gasteiger partial charge in [-0.2, -0.15) is 0 Å². The van der Waals surface area contributed by atoms with Crippen LogP contribution in [0.1, 0.15) is 28.8 Å². The van der Waals surface area contributed by atoms with Gasteiger partial charge in [0.15, 0.2) is 0 Å². The Balaban J connectivity index is 1.68. The molecule has 7 heteroatoms. The van der Waals surface area contributed by atoms with Gasteiger partial charge in [-0.05, 0) is 49.2 Å². The molecule has 0 unspecified atom stereocenters. The summed E-state index contributed by atoms with van der Waals surface area (Å²) in [6.07, 6.45) is 0.674. The molecule has 0 spiro atoms. The Kier molecular flexibility index (Phi) is 6.65. The number of carbonyl (C=O) groups is 2. The highest BCUT2D eigenvalue weighted by atomic mass is 35.5. The van der Waals surface area contributed by atoms with Crippen LogP contribution in [0, 0.1) is 6.92 Å². The van der Waals surface area contributed by atoms with Crippen LogP contribution in [0.25, 0.3) is 0 Å². The number of para-hydroxylation sites is 1. The van der Waals surface area contributed by atoms with Gasteiger partial charge in [0.1, 0.15) is 11.5 Å². The highest BCUT2D eigenvalue weighted by molar-refractivity contribution is 6.31. The van der Waals surface area contributed by atoms with E-state index in [1.165, 1.54) is 12.1 Å². The summed E-state index contributed by atoms with van der Waals surface area (Å²) in [6.45, 7) is 2.25. The van der Waals surface area contributed by atoms with Crippen molar-refractivity contribution >= 4 is 23.4 Å². The molecule has 2 amide bonds. The lowest BCUT2D eigenvalue weighted by molar-refractivity contribution is -0.122. The summed E-state index contributed by atoms with van der Waals surface area (Å²) >= 11 is 5.94. The predicted molar refractivity (Wildman–Crippen MR) is 94.6 cm³/mol. The lowest BCUT2D eigenvalue weighted by Crippen LogP contribution is -2.41. The molecule has 0 aliphatic rings. The monoisotopic (exact) mass is 362 g/mol. The topological polar surface area (TPSA) is 87.7 Å². The lowest BCUT2D eigenvalue weighted by atomic mass is 10.2. The molecule has 25 heavy (non-hydrogen) atoms. The average molecular weight is 363 g/mol. The summed E-state index contributed by atoms with van der Waals surface area (Å²) in [5, 5.41) is 10.2. The third-order valence-electron chi connectivity index (χ3n) is 3.41. The van der Waals surface area contributed by atoms with Gasteiger partial charge < -0.3 is 9.84 Å². The molecule has 0 aromatic heterocycles. The number of ether oxygens (including phenoxy) is 1. The number of hydrazine groups is 1. The van der Waals surface area contributed by atoms with E-state index in [0.29, 0.717) is 23.8 Å². The van der Waals surface area contributed by atoms with Gasteiger partial charge >= 0.3 is 0 Å². The average Bonchev–Trinajstić information content (AvgIpc) is 2.60. The lowest BCUT2D eigenvalue weighted by Gasteiger charge is -2.09. The zero-order chi connectivity index (χ0) is 18.2. The number of halogens is 1. The highest BCUT2D eigenvalue weighted by Crippen LogP contribution is 2.21.